The Morgan fingerprint density at radius 2 is 2.29 bits per heavy atom. The molecule has 0 aliphatic rings. The monoisotopic (exact) mass is 328 g/mol. The van der Waals surface area contributed by atoms with Gasteiger partial charge in [-0.05, 0) is 17.9 Å². The van der Waals surface area contributed by atoms with Crippen LogP contribution in [0.5, 0.6) is 0 Å². The Bertz CT molecular complexity index is 692. The van der Waals surface area contributed by atoms with Gasteiger partial charge in [-0.25, -0.2) is 13.1 Å². The van der Waals surface area contributed by atoms with Crippen molar-refractivity contribution in [1.29, 1.82) is 0 Å². The Kier molecular flexibility index (Phi) is 5.10. The Morgan fingerprint density at radius 3 is 2.90 bits per heavy atom. The fraction of sp³-hybridized carbons (Fsp3) is 0.333. The zero-order chi connectivity index (χ0) is 15.3. The number of aromatic nitrogens is 2. The van der Waals surface area contributed by atoms with Gasteiger partial charge >= 0.3 is 0 Å². The van der Waals surface area contributed by atoms with Crippen LogP contribution in [0.25, 0.3) is 0 Å². The Morgan fingerprint density at radius 1 is 1.48 bits per heavy atom. The highest BCUT2D eigenvalue weighted by molar-refractivity contribution is 7.91. The van der Waals surface area contributed by atoms with E-state index in [1.54, 1.807) is 17.5 Å². The molecule has 0 saturated carbocycles. The Hall–Kier alpha value is -1.71. The third-order valence-corrected chi connectivity index (χ3v) is 5.54. The van der Waals surface area contributed by atoms with Crippen molar-refractivity contribution in [2.75, 3.05) is 11.9 Å². The number of hydrogen-bond donors (Lipinski definition) is 3. The summed E-state index contributed by atoms with van der Waals surface area (Å²) in [4.78, 5) is 11.7. The van der Waals surface area contributed by atoms with E-state index in [-0.39, 0.29) is 23.1 Å². The van der Waals surface area contributed by atoms with Crippen LogP contribution in [-0.2, 0) is 21.2 Å². The summed E-state index contributed by atoms with van der Waals surface area (Å²) in [5.41, 5.74) is 0.920. The summed E-state index contributed by atoms with van der Waals surface area (Å²) >= 11 is 1.13. The van der Waals surface area contributed by atoms with E-state index < -0.39 is 10.0 Å². The number of nitrogens with zero attached hydrogens (tertiary/aromatic N) is 1. The first-order valence-corrected chi connectivity index (χ1v) is 8.75. The van der Waals surface area contributed by atoms with Crippen molar-refractivity contribution in [2.24, 2.45) is 0 Å². The smallest absolute Gasteiger partial charge is 0.250 e. The van der Waals surface area contributed by atoms with Crippen LogP contribution in [0.1, 0.15) is 19.0 Å². The molecule has 2 rings (SSSR count). The van der Waals surface area contributed by atoms with Gasteiger partial charge < -0.3 is 5.32 Å². The summed E-state index contributed by atoms with van der Waals surface area (Å²) in [7, 11) is -3.52. The van der Waals surface area contributed by atoms with Crippen molar-refractivity contribution >= 4 is 33.1 Å². The number of sulfonamides is 1. The van der Waals surface area contributed by atoms with Gasteiger partial charge in [-0.15, -0.1) is 11.3 Å². The molecule has 114 valence electrons. The highest BCUT2D eigenvalue weighted by atomic mass is 32.2. The average molecular weight is 328 g/mol. The highest BCUT2D eigenvalue weighted by Gasteiger charge is 2.15. The molecule has 9 heteroatoms. The zero-order valence-corrected chi connectivity index (χ0v) is 13.1. The first-order chi connectivity index (χ1) is 10.0. The normalized spacial score (nSPS) is 11.5. The molecule has 3 N–H and O–H groups in total. The fourth-order valence-corrected chi connectivity index (χ4v) is 3.67. The number of aromatic amines is 1. The van der Waals surface area contributed by atoms with E-state index in [2.05, 4.69) is 20.2 Å². The maximum atomic E-state index is 11.8. The van der Waals surface area contributed by atoms with Crippen LogP contribution in [0.2, 0.25) is 0 Å². The van der Waals surface area contributed by atoms with E-state index in [1.807, 2.05) is 6.92 Å². The molecule has 2 heterocycles. The van der Waals surface area contributed by atoms with Crippen LogP contribution in [0, 0.1) is 0 Å². The molecule has 0 bridgehead atoms. The summed E-state index contributed by atoms with van der Waals surface area (Å²) in [5, 5.41) is 11.0. The third kappa shape index (κ3) is 4.38. The van der Waals surface area contributed by atoms with E-state index in [0.29, 0.717) is 5.82 Å². The summed E-state index contributed by atoms with van der Waals surface area (Å²) in [6.45, 7) is 2.01. The molecule has 0 atom stereocenters. The number of amides is 1. The van der Waals surface area contributed by atoms with Gasteiger partial charge in [-0.3, -0.25) is 9.89 Å². The van der Waals surface area contributed by atoms with Crippen LogP contribution in [0.3, 0.4) is 0 Å². The van der Waals surface area contributed by atoms with Crippen LogP contribution in [-0.4, -0.2) is 31.1 Å². The summed E-state index contributed by atoms with van der Waals surface area (Å²) < 4.78 is 26.3. The highest BCUT2D eigenvalue weighted by Crippen LogP contribution is 2.15. The van der Waals surface area contributed by atoms with Crippen molar-refractivity contribution in [3.05, 3.63) is 29.3 Å². The number of H-pyrrole nitrogens is 1. The second kappa shape index (κ2) is 6.83. The third-order valence-electron chi connectivity index (χ3n) is 2.68. The topological polar surface area (TPSA) is 104 Å². The van der Waals surface area contributed by atoms with Crippen molar-refractivity contribution in [3.63, 3.8) is 0 Å². The molecule has 0 unspecified atom stereocenters. The molecule has 7 nitrogen and oxygen atoms in total. The predicted octanol–water partition coefficient (Wildman–Crippen LogP) is 1.34. The van der Waals surface area contributed by atoms with E-state index in [4.69, 9.17) is 0 Å². The number of rotatable bonds is 7. The van der Waals surface area contributed by atoms with Gasteiger partial charge in [0.15, 0.2) is 5.82 Å². The van der Waals surface area contributed by atoms with E-state index in [1.165, 1.54) is 6.07 Å². The lowest BCUT2D eigenvalue weighted by atomic mass is 10.3. The largest absolute Gasteiger partial charge is 0.309 e. The molecule has 2 aromatic rings. The first kappa shape index (κ1) is 15.7. The number of carbonyl (C=O) groups excluding carboxylic acids is 1. The number of carbonyl (C=O) groups is 1. The lowest BCUT2D eigenvalue weighted by Crippen LogP contribution is -2.27. The minimum atomic E-state index is -3.52. The molecule has 1 amide bonds. The Labute approximate surface area is 126 Å². The first-order valence-electron chi connectivity index (χ1n) is 6.38. The maximum absolute atomic E-state index is 11.8. The number of hydrogen-bond acceptors (Lipinski definition) is 5. The summed E-state index contributed by atoms with van der Waals surface area (Å²) in [6, 6.07) is 4.92. The van der Waals surface area contributed by atoms with E-state index in [9.17, 15) is 13.2 Å². The van der Waals surface area contributed by atoms with Gasteiger partial charge in [-0.2, -0.15) is 5.10 Å². The van der Waals surface area contributed by atoms with Gasteiger partial charge in [0.05, 0.1) is 0 Å². The number of anilines is 1. The summed E-state index contributed by atoms with van der Waals surface area (Å²) in [5.74, 6) is 0.149. The number of aryl methyl sites for hydroxylation is 1. The van der Waals surface area contributed by atoms with Gasteiger partial charge in [0.1, 0.15) is 4.21 Å². The quantitative estimate of drug-likeness (QED) is 0.713. The summed E-state index contributed by atoms with van der Waals surface area (Å²) in [6.07, 6.45) is 0.836. The molecule has 0 aliphatic carbocycles. The molecule has 0 radical (unpaired) electrons. The SMILES string of the molecule is CCc1cc(NC(=O)CCNS(=O)(=O)c2cccs2)n[nH]1. The van der Waals surface area contributed by atoms with Gasteiger partial charge in [0, 0.05) is 24.7 Å². The predicted molar refractivity (Wildman–Crippen MR) is 80.7 cm³/mol. The molecule has 0 spiro atoms. The van der Waals surface area contributed by atoms with Crippen molar-refractivity contribution in [2.45, 2.75) is 24.0 Å². The molecule has 0 aliphatic heterocycles. The van der Waals surface area contributed by atoms with Gasteiger partial charge in [0.2, 0.25) is 15.9 Å². The van der Waals surface area contributed by atoms with Crippen LogP contribution < -0.4 is 10.0 Å². The van der Waals surface area contributed by atoms with Crippen LogP contribution in [0.15, 0.2) is 27.8 Å². The fourth-order valence-electron chi connectivity index (χ4n) is 1.60. The lowest BCUT2D eigenvalue weighted by Gasteiger charge is -2.04. The second-order valence-corrected chi connectivity index (χ2v) is 7.20. The number of nitrogens with one attached hydrogen (secondary N) is 3. The standard InChI is InChI=1S/C12H16N4O3S2/c1-2-9-8-10(16-15-9)14-11(17)5-6-13-21(18,19)12-4-3-7-20-12/h3-4,7-8,13H,2,5-6H2,1H3,(H2,14,15,16,17). The van der Waals surface area contributed by atoms with Crippen molar-refractivity contribution < 1.29 is 13.2 Å². The van der Waals surface area contributed by atoms with Gasteiger partial charge in [0.25, 0.3) is 0 Å². The molecule has 0 aromatic carbocycles. The minimum absolute atomic E-state index is 0.0388. The molecule has 2 aromatic heterocycles. The second-order valence-electron chi connectivity index (χ2n) is 4.26. The minimum Gasteiger partial charge on any atom is -0.309 e. The average Bonchev–Trinajstić information content (AvgIpc) is 3.09. The molecular weight excluding hydrogens is 312 g/mol. The molecule has 0 saturated heterocycles. The Balaban J connectivity index is 1.79. The lowest BCUT2D eigenvalue weighted by molar-refractivity contribution is -0.116. The molecule has 21 heavy (non-hydrogen) atoms. The maximum Gasteiger partial charge on any atom is 0.250 e. The van der Waals surface area contributed by atoms with Crippen LogP contribution >= 0.6 is 11.3 Å². The van der Waals surface area contributed by atoms with E-state index >= 15 is 0 Å². The number of thiophene rings is 1. The van der Waals surface area contributed by atoms with Crippen LogP contribution in [0.4, 0.5) is 5.82 Å². The van der Waals surface area contributed by atoms with Crippen molar-refractivity contribution in [1.82, 2.24) is 14.9 Å². The molecule has 0 fully saturated rings. The zero-order valence-electron chi connectivity index (χ0n) is 11.4. The van der Waals surface area contributed by atoms with Crippen molar-refractivity contribution in [3.8, 4) is 0 Å². The van der Waals surface area contributed by atoms with E-state index in [0.717, 1.165) is 23.5 Å². The molecular formula is C12H16N4O3S2. The van der Waals surface area contributed by atoms with Gasteiger partial charge in [-0.1, -0.05) is 13.0 Å².